The summed E-state index contributed by atoms with van der Waals surface area (Å²) in [5.74, 6) is 0.0976. The lowest BCUT2D eigenvalue weighted by Crippen LogP contribution is -2.43. The van der Waals surface area contributed by atoms with Gasteiger partial charge in [0, 0.05) is 12.0 Å². The second kappa shape index (κ2) is 8.86. The Kier molecular flexibility index (Phi) is 5.80. The summed E-state index contributed by atoms with van der Waals surface area (Å²) in [6.07, 6.45) is 8.78. The molecule has 2 bridgehead atoms. The predicted molar refractivity (Wildman–Crippen MR) is 121 cm³/mol. The number of unbranched alkanes of at least 4 members (excludes halogenated alkanes) is 2. The van der Waals surface area contributed by atoms with Gasteiger partial charge in [-0.05, 0) is 60.8 Å². The zero-order chi connectivity index (χ0) is 21.2. The third-order valence-corrected chi connectivity index (χ3v) is 7.15. The Morgan fingerprint density at radius 2 is 1.68 bits per heavy atom. The van der Waals surface area contributed by atoms with E-state index in [1.54, 1.807) is 0 Å². The minimum absolute atomic E-state index is 0.0976. The van der Waals surface area contributed by atoms with Crippen LogP contribution < -0.4 is 0 Å². The molecule has 2 aliphatic heterocycles. The summed E-state index contributed by atoms with van der Waals surface area (Å²) in [7, 11) is 0. The lowest BCUT2D eigenvalue weighted by atomic mass is 9.96. The van der Waals surface area contributed by atoms with Crippen LogP contribution in [0.5, 0.6) is 0 Å². The van der Waals surface area contributed by atoms with E-state index in [9.17, 15) is 9.18 Å². The quantitative estimate of drug-likeness (QED) is 0.372. The Morgan fingerprint density at radius 1 is 0.968 bits per heavy atom. The summed E-state index contributed by atoms with van der Waals surface area (Å²) < 4.78 is 18.2. The third kappa shape index (κ3) is 3.88. The summed E-state index contributed by atoms with van der Waals surface area (Å²) in [4.78, 5) is 15.0. The molecule has 2 heterocycles. The van der Waals surface area contributed by atoms with Crippen molar-refractivity contribution in [3.05, 3.63) is 71.3 Å². The van der Waals surface area contributed by atoms with Gasteiger partial charge in [0.2, 0.25) is 0 Å². The highest BCUT2D eigenvalue weighted by atomic mass is 19.1. The van der Waals surface area contributed by atoms with E-state index in [1.165, 1.54) is 27.8 Å². The number of amides is 1. The molecule has 0 radical (unpaired) electrons. The van der Waals surface area contributed by atoms with Crippen LogP contribution in [0.4, 0.5) is 9.18 Å². The number of carbonyl (C=O) groups is 1. The number of ether oxygens (including phenoxy) is 1. The minimum Gasteiger partial charge on any atom is -0.448 e. The standard InChI is InChI=1S/C27H30FNO2/c28-15-7-1-2-8-19-16-20-13-14-21(17-19)29(20)27(30)31-18-26-24-11-5-3-9-22(24)23-10-4-6-12-25(23)26/h3-6,9-12,16,20-21,26H,1-2,7-8,13-15,17-18H2. The van der Waals surface area contributed by atoms with Crippen LogP contribution in [-0.2, 0) is 4.74 Å². The van der Waals surface area contributed by atoms with Crippen LogP contribution in [0.2, 0.25) is 0 Å². The average molecular weight is 420 g/mol. The van der Waals surface area contributed by atoms with Crippen LogP contribution in [0.15, 0.2) is 60.2 Å². The molecule has 0 aromatic heterocycles. The van der Waals surface area contributed by atoms with Crippen molar-refractivity contribution < 1.29 is 13.9 Å². The van der Waals surface area contributed by atoms with Crippen LogP contribution in [-0.4, -0.2) is 36.4 Å². The second-order valence-electron chi connectivity index (χ2n) is 9.04. The average Bonchev–Trinajstić information content (AvgIpc) is 3.26. The lowest BCUT2D eigenvalue weighted by Gasteiger charge is -2.33. The molecule has 5 rings (SSSR count). The molecule has 2 aromatic carbocycles. The Bertz CT molecular complexity index is 939. The molecule has 31 heavy (non-hydrogen) atoms. The Hall–Kier alpha value is -2.62. The summed E-state index contributed by atoms with van der Waals surface area (Å²) in [6, 6.07) is 17.3. The van der Waals surface area contributed by atoms with E-state index >= 15 is 0 Å². The van der Waals surface area contributed by atoms with E-state index in [1.807, 2.05) is 4.90 Å². The zero-order valence-electron chi connectivity index (χ0n) is 17.9. The predicted octanol–water partition coefficient (Wildman–Crippen LogP) is 6.63. The van der Waals surface area contributed by atoms with Crippen LogP contribution >= 0.6 is 0 Å². The summed E-state index contributed by atoms with van der Waals surface area (Å²) in [5, 5.41) is 0. The molecule has 3 aliphatic rings. The van der Waals surface area contributed by atoms with E-state index in [0.29, 0.717) is 13.0 Å². The molecule has 0 spiro atoms. The van der Waals surface area contributed by atoms with E-state index in [4.69, 9.17) is 4.74 Å². The van der Waals surface area contributed by atoms with Crippen molar-refractivity contribution in [2.24, 2.45) is 0 Å². The van der Waals surface area contributed by atoms with Crippen molar-refractivity contribution in [2.75, 3.05) is 13.3 Å². The molecular formula is C27H30FNO2. The fourth-order valence-electron chi connectivity index (χ4n) is 5.68. The zero-order valence-corrected chi connectivity index (χ0v) is 17.9. The van der Waals surface area contributed by atoms with Gasteiger partial charge in [0.1, 0.15) is 6.61 Å². The van der Waals surface area contributed by atoms with Gasteiger partial charge in [0.15, 0.2) is 0 Å². The first-order valence-electron chi connectivity index (χ1n) is 11.6. The van der Waals surface area contributed by atoms with Crippen LogP contribution in [0, 0.1) is 0 Å². The van der Waals surface area contributed by atoms with Gasteiger partial charge in [0.25, 0.3) is 0 Å². The maximum Gasteiger partial charge on any atom is 0.410 e. The molecule has 2 atom stereocenters. The molecule has 1 fully saturated rings. The molecule has 1 amide bonds. The largest absolute Gasteiger partial charge is 0.448 e. The molecular weight excluding hydrogens is 389 g/mol. The van der Waals surface area contributed by atoms with Gasteiger partial charge in [-0.2, -0.15) is 0 Å². The number of hydrogen-bond acceptors (Lipinski definition) is 2. The molecule has 1 saturated heterocycles. The SMILES string of the molecule is O=C(OCC1c2ccccc2-c2ccccc21)N1C2C=C(CCCCCF)CC1CC2. The van der Waals surface area contributed by atoms with Gasteiger partial charge in [-0.25, -0.2) is 4.79 Å². The molecule has 1 aliphatic carbocycles. The fraction of sp³-hybridized carbons (Fsp3) is 0.444. The molecule has 0 saturated carbocycles. The number of alkyl halides is 1. The number of halogens is 1. The highest BCUT2D eigenvalue weighted by molar-refractivity contribution is 5.79. The number of benzene rings is 2. The van der Waals surface area contributed by atoms with Crippen molar-refractivity contribution >= 4 is 6.09 Å². The highest BCUT2D eigenvalue weighted by Crippen LogP contribution is 2.45. The number of fused-ring (bicyclic) bond motifs is 5. The van der Waals surface area contributed by atoms with Crippen LogP contribution in [0.25, 0.3) is 11.1 Å². The van der Waals surface area contributed by atoms with Gasteiger partial charge in [-0.3, -0.25) is 9.29 Å². The minimum atomic E-state index is -0.222. The number of hydrogen-bond donors (Lipinski definition) is 0. The number of carbonyl (C=O) groups excluding carboxylic acids is 1. The van der Waals surface area contributed by atoms with Crippen molar-refractivity contribution in [1.29, 1.82) is 0 Å². The molecule has 0 N–H and O–H groups in total. The second-order valence-corrected chi connectivity index (χ2v) is 9.04. The van der Waals surface area contributed by atoms with E-state index in [-0.39, 0.29) is 30.8 Å². The smallest absolute Gasteiger partial charge is 0.410 e. The topological polar surface area (TPSA) is 29.5 Å². The van der Waals surface area contributed by atoms with E-state index in [2.05, 4.69) is 54.6 Å². The molecule has 3 nitrogen and oxygen atoms in total. The van der Waals surface area contributed by atoms with Crippen LogP contribution in [0.3, 0.4) is 0 Å². The number of nitrogens with zero attached hydrogens (tertiary/aromatic N) is 1. The van der Waals surface area contributed by atoms with E-state index < -0.39 is 0 Å². The van der Waals surface area contributed by atoms with Gasteiger partial charge in [-0.1, -0.05) is 66.6 Å². The van der Waals surface area contributed by atoms with Crippen molar-refractivity contribution in [3.8, 4) is 11.1 Å². The van der Waals surface area contributed by atoms with Crippen molar-refractivity contribution in [1.82, 2.24) is 4.90 Å². The fourth-order valence-corrected chi connectivity index (χ4v) is 5.68. The monoisotopic (exact) mass is 419 g/mol. The summed E-state index contributed by atoms with van der Waals surface area (Å²) >= 11 is 0. The number of rotatable bonds is 7. The molecule has 162 valence electrons. The highest BCUT2D eigenvalue weighted by Gasteiger charge is 2.40. The van der Waals surface area contributed by atoms with Gasteiger partial charge < -0.3 is 4.74 Å². The van der Waals surface area contributed by atoms with Crippen molar-refractivity contribution in [2.45, 2.75) is 62.9 Å². The molecule has 2 unspecified atom stereocenters. The first-order valence-corrected chi connectivity index (χ1v) is 11.6. The van der Waals surface area contributed by atoms with Crippen LogP contribution in [0.1, 0.15) is 62.0 Å². The molecule has 2 aromatic rings. The summed E-state index contributed by atoms with van der Waals surface area (Å²) in [5.41, 5.74) is 6.42. The van der Waals surface area contributed by atoms with Gasteiger partial charge in [0.05, 0.1) is 12.7 Å². The van der Waals surface area contributed by atoms with E-state index in [0.717, 1.165) is 38.5 Å². The summed E-state index contributed by atoms with van der Waals surface area (Å²) in [6.45, 7) is 0.155. The maximum atomic E-state index is 13.1. The first-order chi connectivity index (χ1) is 15.3. The Morgan fingerprint density at radius 3 is 2.35 bits per heavy atom. The normalized spacial score (nSPS) is 21.6. The molecule has 4 heteroatoms. The van der Waals surface area contributed by atoms with Gasteiger partial charge in [-0.15, -0.1) is 0 Å². The first kappa shape index (κ1) is 20.3. The van der Waals surface area contributed by atoms with Crippen molar-refractivity contribution in [3.63, 3.8) is 0 Å². The van der Waals surface area contributed by atoms with Gasteiger partial charge >= 0.3 is 6.09 Å². The third-order valence-electron chi connectivity index (χ3n) is 7.15. The Labute approximate surface area is 183 Å². The Balaban J connectivity index is 1.24. The maximum absolute atomic E-state index is 13.1. The lowest BCUT2D eigenvalue weighted by molar-refractivity contribution is 0.0848.